The lowest BCUT2D eigenvalue weighted by molar-refractivity contribution is -0.630. The zero-order valence-corrected chi connectivity index (χ0v) is 15.3. The lowest BCUT2D eigenvalue weighted by Crippen LogP contribution is -3.00. The van der Waals surface area contributed by atoms with Crippen LogP contribution in [0.15, 0.2) is 0 Å². The average Bonchev–Trinajstić information content (AvgIpc) is 2.98. The molecule has 0 aromatic carbocycles. The average molecular weight is 491 g/mol. The summed E-state index contributed by atoms with van der Waals surface area (Å²) in [6, 6.07) is -0.159. The van der Waals surface area contributed by atoms with Gasteiger partial charge in [-0.1, -0.05) is 25.7 Å². The monoisotopic (exact) mass is 491 g/mol. The molecule has 0 aromatic rings. The fourth-order valence-corrected chi connectivity index (χ4v) is 4.29. The molecule has 2 aliphatic carbocycles. The van der Waals surface area contributed by atoms with E-state index in [1.165, 1.54) is 25.7 Å². The zero-order valence-electron chi connectivity index (χ0n) is 11.0. The number of rotatable bonds is 2. The van der Waals surface area contributed by atoms with Gasteiger partial charge in [0.15, 0.2) is 5.54 Å². The summed E-state index contributed by atoms with van der Waals surface area (Å²) in [7, 11) is 0. The van der Waals surface area contributed by atoms with E-state index in [2.05, 4.69) is 5.32 Å². The molecule has 0 unspecified atom stereocenters. The maximum atomic E-state index is 12.3. The lowest BCUT2D eigenvalue weighted by atomic mass is 9.72. The van der Waals surface area contributed by atoms with Gasteiger partial charge < -0.3 is 48.0 Å². The first-order valence-electron chi connectivity index (χ1n) is 6.95. The van der Waals surface area contributed by atoms with Crippen LogP contribution in [-0.4, -0.2) is 17.5 Å². The number of nitrogens with two attached hydrogens (primary N) is 1. The van der Waals surface area contributed by atoms with Crippen molar-refractivity contribution in [2.75, 3.05) is 0 Å². The Bertz CT molecular complexity index is 335. The van der Waals surface area contributed by atoms with Gasteiger partial charge in [-0.05, 0) is 25.7 Å². The van der Waals surface area contributed by atoms with Crippen LogP contribution in [0.2, 0.25) is 0 Å². The first kappa shape index (κ1) is 17.6. The van der Waals surface area contributed by atoms with E-state index in [-0.39, 0.29) is 59.9 Å². The predicted octanol–water partition coefficient (Wildman–Crippen LogP) is -5.07. The summed E-state index contributed by atoms with van der Waals surface area (Å²) >= 11 is 0. The minimum Gasteiger partial charge on any atom is -1.00 e. The van der Waals surface area contributed by atoms with Crippen LogP contribution in [0.25, 0.3) is 0 Å². The standard InChI is InChI=1S/C13H20N2O2.2HI/c16-11-13(15-12(17)14-11,9-5-1-2-6-9)10-7-3-4-8-10;;/h9-10H,1-8H2,(H2,14,15,16,17);2*1H/p-1. The van der Waals surface area contributed by atoms with Gasteiger partial charge in [-0.2, -0.15) is 0 Å². The highest BCUT2D eigenvalue weighted by molar-refractivity contribution is 6.00. The topological polar surface area (TPSA) is 62.8 Å². The molecule has 2 saturated carbocycles. The molecule has 3 rings (SSSR count). The van der Waals surface area contributed by atoms with E-state index >= 15 is 0 Å². The van der Waals surface area contributed by atoms with E-state index in [1.807, 2.05) is 0 Å². The number of urea groups is 1. The van der Waals surface area contributed by atoms with Crippen molar-refractivity contribution in [2.24, 2.45) is 11.8 Å². The molecule has 3 amide bonds. The van der Waals surface area contributed by atoms with Gasteiger partial charge in [-0.25, -0.2) is 15.4 Å². The van der Waals surface area contributed by atoms with Crippen LogP contribution in [0.1, 0.15) is 51.4 Å². The Morgan fingerprint density at radius 3 is 1.63 bits per heavy atom. The number of carbonyl (C=O) groups is 2. The van der Waals surface area contributed by atoms with E-state index < -0.39 is 5.54 Å². The molecule has 0 radical (unpaired) electrons. The van der Waals surface area contributed by atoms with Gasteiger partial charge in [-0.15, -0.1) is 0 Å². The van der Waals surface area contributed by atoms with Crippen LogP contribution < -0.4 is 58.6 Å². The van der Waals surface area contributed by atoms with Gasteiger partial charge in [0.2, 0.25) is 0 Å². The zero-order chi connectivity index (χ0) is 11.9. The van der Waals surface area contributed by atoms with Gasteiger partial charge in [0, 0.05) is 11.8 Å². The maximum Gasteiger partial charge on any atom is 0.420 e. The van der Waals surface area contributed by atoms with Crippen molar-refractivity contribution in [1.29, 1.82) is 0 Å². The molecule has 1 heterocycles. The summed E-state index contributed by atoms with van der Waals surface area (Å²) in [5.41, 5.74) is -0.440. The molecule has 0 aromatic heterocycles. The van der Waals surface area contributed by atoms with Crippen LogP contribution in [0.3, 0.4) is 0 Å². The molecule has 110 valence electrons. The third-order valence-electron chi connectivity index (χ3n) is 5.06. The Balaban J connectivity index is 0.000000902. The lowest BCUT2D eigenvalue weighted by Gasteiger charge is -2.33. The third-order valence-corrected chi connectivity index (χ3v) is 5.06. The molecular formula is C13H21I2N2O2-. The second-order valence-corrected chi connectivity index (χ2v) is 5.86. The molecule has 19 heavy (non-hydrogen) atoms. The summed E-state index contributed by atoms with van der Waals surface area (Å²) < 4.78 is 0. The fourth-order valence-electron chi connectivity index (χ4n) is 4.29. The van der Waals surface area contributed by atoms with Crippen LogP contribution in [0.5, 0.6) is 0 Å². The quantitative estimate of drug-likeness (QED) is 0.300. The first-order valence-corrected chi connectivity index (χ1v) is 6.95. The molecule has 0 bridgehead atoms. The Kier molecular flexibility index (Phi) is 6.50. The first-order chi connectivity index (χ1) is 8.23. The van der Waals surface area contributed by atoms with Crippen molar-refractivity contribution in [3.63, 3.8) is 0 Å². The summed E-state index contributed by atoms with van der Waals surface area (Å²) in [6.07, 6.45) is 9.34. The van der Waals surface area contributed by atoms with Crippen LogP contribution >= 0.6 is 0 Å². The smallest absolute Gasteiger partial charge is 0.420 e. The molecule has 1 saturated heterocycles. The molecule has 4 nitrogen and oxygen atoms in total. The summed E-state index contributed by atoms with van der Waals surface area (Å²) in [6.45, 7) is 0. The van der Waals surface area contributed by atoms with Gasteiger partial charge >= 0.3 is 6.03 Å². The van der Waals surface area contributed by atoms with Crippen LogP contribution in [-0.2, 0) is 4.79 Å². The highest BCUT2D eigenvalue weighted by atomic mass is 127. The minimum atomic E-state index is -0.440. The molecular weight excluding hydrogens is 470 g/mol. The molecule has 3 N–H and O–H groups in total. The van der Waals surface area contributed by atoms with Gasteiger partial charge in [0.25, 0.3) is 5.91 Å². The number of halogens is 2. The van der Waals surface area contributed by atoms with E-state index in [1.54, 1.807) is 5.32 Å². The second kappa shape index (κ2) is 7.02. The minimum absolute atomic E-state index is 0. The Labute approximate surface area is 148 Å². The predicted molar refractivity (Wildman–Crippen MR) is 62.1 cm³/mol. The van der Waals surface area contributed by atoms with Crippen molar-refractivity contribution in [1.82, 2.24) is 5.32 Å². The number of carbonyl (C=O) groups excluding carboxylic acids is 2. The normalized spacial score (nSPS) is 26.9. The summed E-state index contributed by atoms with van der Waals surface area (Å²) in [5, 5.41) is 4.27. The second-order valence-electron chi connectivity index (χ2n) is 5.86. The van der Waals surface area contributed by atoms with Crippen molar-refractivity contribution in [2.45, 2.75) is 56.9 Å². The highest BCUT2D eigenvalue weighted by Crippen LogP contribution is 2.43. The number of imide groups is 1. The van der Waals surface area contributed by atoms with Crippen molar-refractivity contribution in [3.05, 3.63) is 0 Å². The number of hydrogen-bond acceptors (Lipinski definition) is 2. The van der Waals surface area contributed by atoms with Gasteiger partial charge in [-0.3, -0.25) is 4.79 Å². The van der Waals surface area contributed by atoms with Gasteiger partial charge in [0.1, 0.15) is 0 Å². The molecule has 3 fully saturated rings. The fraction of sp³-hybridized carbons (Fsp3) is 0.846. The summed E-state index contributed by atoms with van der Waals surface area (Å²) in [5.74, 6) is 0.829. The van der Waals surface area contributed by atoms with Crippen molar-refractivity contribution < 1.29 is 62.9 Å². The van der Waals surface area contributed by atoms with E-state index in [0.29, 0.717) is 11.8 Å². The van der Waals surface area contributed by atoms with Crippen LogP contribution in [0, 0.1) is 11.8 Å². The molecule has 3 aliphatic rings. The Morgan fingerprint density at radius 2 is 1.32 bits per heavy atom. The number of primary amides is 1. The van der Waals surface area contributed by atoms with Crippen molar-refractivity contribution in [3.8, 4) is 0 Å². The molecule has 0 spiro atoms. The van der Waals surface area contributed by atoms with Crippen molar-refractivity contribution >= 4 is 11.9 Å². The van der Waals surface area contributed by atoms with Crippen LogP contribution in [0.4, 0.5) is 4.79 Å². The molecule has 0 atom stereocenters. The molecule has 6 heteroatoms. The molecule has 1 aliphatic heterocycles. The largest absolute Gasteiger partial charge is 1.00 e. The Morgan fingerprint density at radius 1 is 0.895 bits per heavy atom. The number of nitrogens with one attached hydrogen (secondary N) is 1. The van der Waals surface area contributed by atoms with Gasteiger partial charge in [0.05, 0.1) is 0 Å². The van der Waals surface area contributed by atoms with E-state index in [0.717, 1.165) is 25.7 Å². The number of hydrogen-bond donors (Lipinski definition) is 2. The number of amides is 3. The number of quaternary nitrogens is 1. The Hall–Kier alpha value is 0.560. The summed E-state index contributed by atoms with van der Waals surface area (Å²) in [4.78, 5) is 23.9. The third kappa shape index (κ3) is 2.95. The highest BCUT2D eigenvalue weighted by Gasteiger charge is 2.61. The SMILES string of the molecule is O=C1NC(=O)C(C2CCCC2)(C2CCCC2)[NH2+]1.[I-].[I-]. The van der Waals surface area contributed by atoms with E-state index in [4.69, 9.17) is 0 Å². The van der Waals surface area contributed by atoms with E-state index in [9.17, 15) is 9.59 Å². The maximum absolute atomic E-state index is 12.3.